The summed E-state index contributed by atoms with van der Waals surface area (Å²) in [6.07, 6.45) is 0. The quantitative estimate of drug-likeness (QED) is 0.479. The molecule has 5 nitrogen and oxygen atoms in total. The van der Waals surface area contributed by atoms with Crippen molar-refractivity contribution in [2.75, 3.05) is 33.0 Å². The molecule has 0 aromatic heterocycles. The molecule has 0 unspecified atom stereocenters. The average molecular weight is 322 g/mol. The van der Waals surface area contributed by atoms with Crippen molar-refractivity contribution in [2.45, 2.75) is 19.4 Å². The van der Waals surface area contributed by atoms with Crippen molar-refractivity contribution in [3.8, 4) is 0 Å². The molecule has 0 rings (SSSR count). The molecule has 0 amide bonds. The minimum atomic E-state index is -0.781. The van der Waals surface area contributed by atoms with Crippen LogP contribution in [0.1, 0.15) is 13.8 Å². The van der Waals surface area contributed by atoms with E-state index in [4.69, 9.17) is 14.6 Å². The molecule has 2 N–H and O–H groups in total. The van der Waals surface area contributed by atoms with Crippen LogP contribution in [0.5, 0.6) is 0 Å². The average Bonchev–Trinajstić information content (AvgIpc) is 1.94. The molecule has 0 aliphatic rings. The molecular weight excluding hydrogens is 304 g/mol. The Kier molecular flexibility index (Phi) is 16.7. The maximum absolute atomic E-state index is 9.21. The fraction of sp³-hybridized carbons (Fsp3) is 1.00. The third kappa shape index (κ3) is 18.4. The van der Waals surface area contributed by atoms with E-state index < -0.39 is 5.60 Å². The fourth-order valence-corrected chi connectivity index (χ4v) is 0.606. The number of ether oxygens (including phenoxy) is 2. The summed E-state index contributed by atoms with van der Waals surface area (Å²) in [6.45, 7) is 4.94. The Labute approximate surface area is 101 Å². The predicted molar refractivity (Wildman–Crippen MR) is 51.5 cm³/mol. The van der Waals surface area contributed by atoms with E-state index in [0.717, 1.165) is 0 Å². The molecule has 86 valence electrons. The van der Waals surface area contributed by atoms with E-state index in [1.165, 1.54) is 0 Å². The van der Waals surface area contributed by atoms with Crippen LogP contribution in [0.25, 0.3) is 0 Å². The summed E-state index contributed by atoms with van der Waals surface area (Å²) in [6, 6.07) is 0. The summed E-state index contributed by atoms with van der Waals surface area (Å²) in [5.74, 6) is 0. The van der Waals surface area contributed by atoms with Gasteiger partial charge in [0, 0.05) is 29.1 Å². The molecule has 6 heteroatoms. The van der Waals surface area contributed by atoms with Crippen LogP contribution in [0.2, 0.25) is 0 Å². The standard InChI is InChI=1S/C8H18O4.O.Te/c1-8(2,10)7-12-6-5-11-4-3-9;;/h9-10H,3-7H2,1-2H3;;. The van der Waals surface area contributed by atoms with E-state index in [9.17, 15) is 5.11 Å². The Bertz CT molecular complexity index is 104. The van der Waals surface area contributed by atoms with Crippen LogP contribution in [-0.4, -0.2) is 72.5 Å². The van der Waals surface area contributed by atoms with Gasteiger partial charge in [0.05, 0.1) is 38.6 Å². The number of hydrogen-bond acceptors (Lipinski definition) is 4. The maximum Gasteiger partial charge on any atom is 0.0824 e. The van der Waals surface area contributed by atoms with E-state index in [1.54, 1.807) is 13.8 Å². The Morgan fingerprint density at radius 3 is 2.00 bits per heavy atom. The summed E-state index contributed by atoms with van der Waals surface area (Å²) in [5, 5.41) is 17.6. The number of hydrogen-bond donors (Lipinski definition) is 2. The minimum absolute atomic E-state index is 0. The van der Waals surface area contributed by atoms with Gasteiger partial charge in [0.25, 0.3) is 0 Å². The molecule has 0 atom stereocenters. The molecule has 0 heterocycles. The second kappa shape index (κ2) is 11.7. The molecule has 0 saturated heterocycles. The predicted octanol–water partition coefficient (Wildman–Crippen LogP) is -0.717. The maximum atomic E-state index is 9.21. The molecular formula is C8H18O5Te. The first-order chi connectivity index (χ1) is 5.56. The van der Waals surface area contributed by atoms with Gasteiger partial charge in [-0.1, -0.05) is 0 Å². The summed E-state index contributed by atoms with van der Waals surface area (Å²) in [5.41, 5.74) is -0.781. The Hall–Kier alpha value is 0.590. The van der Waals surface area contributed by atoms with Crippen LogP contribution in [0.3, 0.4) is 0 Å². The zero-order chi connectivity index (χ0) is 9.45. The van der Waals surface area contributed by atoms with Crippen molar-refractivity contribution in [3.63, 3.8) is 0 Å². The molecule has 0 fully saturated rings. The number of aliphatic hydroxyl groups excluding tert-OH is 1. The van der Waals surface area contributed by atoms with Gasteiger partial charge in [-0.05, 0) is 13.8 Å². The van der Waals surface area contributed by atoms with Crippen molar-refractivity contribution in [1.29, 1.82) is 0 Å². The Balaban J connectivity index is -0.000000605. The summed E-state index contributed by atoms with van der Waals surface area (Å²) in [7, 11) is 0. The normalized spacial score (nSPS) is 10.3. The van der Waals surface area contributed by atoms with Gasteiger partial charge in [-0.3, -0.25) is 0 Å². The van der Waals surface area contributed by atoms with Gasteiger partial charge >= 0.3 is 0 Å². The van der Waals surface area contributed by atoms with Gasteiger partial charge < -0.3 is 19.7 Å². The second-order valence-electron chi connectivity index (χ2n) is 3.20. The molecule has 0 bridgehead atoms. The van der Waals surface area contributed by atoms with E-state index in [-0.39, 0.29) is 35.7 Å². The second-order valence-corrected chi connectivity index (χ2v) is 3.20. The molecule has 0 saturated carbocycles. The first-order valence-corrected chi connectivity index (χ1v) is 4.05. The van der Waals surface area contributed by atoms with Crippen LogP contribution >= 0.6 is 0 Å². The minimum Gasteiger partial charge on any atom is -0.394 e. The Morgan fingerprint density at radius 2 is 1.57 bits per heavy atom. The zero-order valence-corrected chi connectivity index (χ0v) is 10.9. The fourth-order valence-electron chi connectivity index (χ4n) is 0.606. The molecule has 0 spiro atoms. The van der Waals surface area contributed by atoms with Crippen LogP contribution in [0.15, 0.2) is 0 Å². The smallest absolute Gasteiger partial charge is 0.0824 e. The van der Waals surface area contributed by atoms with E-state index in [2.05, 4.69) is 0 Å². The van der Waals surface area contributed by atoms with Crippen LogP contribution in [-0.2, 0) is 14.9 Å². The number of rotatable bonds is 7. The van der Waals surface area contributed by atoms with Gasteiger partial charge in [-0.2, -0.15) is 0 Å². The van der Waals surface area contributed by atoms with Crippen molar-refractivity contribution >= 4 is 23.7 Å². The van der Waals surface area contributed by atoms with Crippen molar-refractivity contribution in [2.24, 2.45) is 0 Å². The molecule has 14 heavy (non-hydrogen) atoms. The number of aliphatic hydroxyl groups is 2. The molecule has 0 aliphatic carbocycles. The van der Waals surface area contributed by atoms with Crippen molar-refractivity contribution < 1.29 is 25.2 Å². The van der Waals surface area contributed by atoms with Crippen LogP contribution < -0.4 is 0 Å². The molecule has 0 aromatic carbocycles. The van der Waals surface area contributed by atoms with Crippen LogP contribution in [0.4, 0.5) is 0 Å². The summed E-state index contributed by atoms with van der Waals surface area (Å²) in [4.78, 5) is 0. The molecule has 4 radical (unpaired) electrons. The largest absolute Gasteiger partial charge is 0.394 e. The van der Waals surface area contributed by atoms with E-state index in [1.807, 2.05) is 0 Å². The van der Waals surface area contributed by atoms with E-state index >= 15 is 0 Å². The zero-order valence-electron chi connectivity index (χ0n) is 8.56. The van der Waals surface area contributed by atoms with Gasteiger partial charge in [0.15, 0.2) is 0 Å². The SMILES string of the molecule is CC(C)(O)COCCOCCO.[O].[Te]. The van der Waals surface area contributed by atoms with Crippen molar-refractivity contribution in [3.05, 3.63) is 0 Å². The third-order valence-electron chi connectivity index (χ3n) is 1.06. The van der Waals surface area contributed by atoms with Gasteiger partial charge in [-0.15, -0.1) is 0 Å². The summed E-state index contributed by atoms with van der Waals surface area (Å²) < 4.78 is 10.0. The monoisotopic (exact) mass is 324 g/mol. The first kappa shape index (κ1) is 20.1. The van der Waals surface area contributed by atoms with E-state index in [0.29, 0.717) is 26.4 Å². The third-order valence-corrected chi connectivity index (χ3v) is 1.06. The van der Waals surface area contributed by atoms with Crippen LogP contribution in [0, 0.1) is 0 Å². The summed E-state index contributed by atoms with van der Waals surface area (Å²) >= 11 is 0. The van der Waals surface area contributed by atoms with Gasteiger partial charge in [0.2, 0.25) is 0 Å². The molecule has 0 aromatic rings. The molecule has 0 aliphatic heterocycles. The Morgan fingerprint density at radius 1 is 1.07 bits per heavy atom. The van der Waals surface area contributed by atoms with Crippen molar-refractivity contribution in [1.82, 2.24) is 0 Å². The first-order valence-electron chi connectivity index (χ1n) is 4.05. The topological polar surface area (TPSA) is 87.4 Å². The van der Waals surface area contributed by atoms with Gasteiger partial charge in [-0.25, -0.2) is 0 Å². The van der Waals surface area contributed by atoms with Gasteiger partial charge in [0.1, 0.15) is 0 Å².